The Morgan fingerprint density at radius 3 is 2.06 bits per heavy atom. The lowest BCUT2D eigenvalue weighted by Crippen LogP contribution is -2.23. The third kappa shape index (κ3) is 4.27. The van der Waals surface area contributed by atoms with Crippen LogP contribution in [-0.2, 0) is 5.41 Å². The summed E-state index contributed by atoms with van der Waals surface area (Å²) in [7, 11) is 0. The second-order valence-electron chi connectivity index (χ2n) is 14.3. The van der Waals surface area contributed by atoms with Gasteiger partial charge in [0.15, 0.2) is 0 Å². The fraction of sp³-hybridized carbons (Fsp3) is 0.0625. The van der Waals surface area contributed by atoms with E-state index in [1.54, 1.807) is 6.07 Å². The van der Waals surface area contributed by atoms with Crippen LogP contribution in [0.2, 0.25) is 0 Å². The van der Waals surface area contributed by atoms with Crippen LogP contribution in [0.1, 0.15) is 30.5 Å². The van der Waals surface area contributed by atoms with Crippen molar-refractivity contribution in [3.63, 3.8) is 0 Å². The SMILES string of the molecule is CC1(C)c2ccc(N(c3ccc(C#N)cc3)c3ccc(F)c(-c4cccc5ccccc45)c3)c3ccc4ccc5c(Br)c6ccccc6c1c5c4c23. The number of anilines is 3. The highest BCUT2D eigenvalue weighted by Gasteiger charge is 2.36. The van der Waals surface area contributed by atoms with Gasteiger partial charge in [-0.2, -0.15) is 5.26 Å². The molecule has 0 N–H and O–H groups in total. The van der Waals surface area contributed by atoms with Gasteiger partial charge in [0.1, 0.15) is 5.82 Å². The van der Waals surface area contributed by atoms with Crippen LogP contribution in [0.3, 0.4) is 0 Å². The zero-order valence-electron chi connectivity index (χ0n) is 28.5. The van der Waals surface area contributed by atoms with Crippen molar-refractivity contribution in [2.45, 2.75) is 19.3 Å². The number of halogens is 2. The van der Waals surface area contributed by atoms with Crippen LogP contribution in [0.5, 0.6) is 0 Å². The minimum Gasteiger partial charge on any atom is -0.310 e. The monoisotopic (exact) mass is 732 g/mol. The molecule has 0 fully saturated rings. The maximum atomic E-state index is 16.0. The summed E-state index contributed by atoms with van der Waals surface area (Å²) in [6.45, 7) is 4.69. The summed E-state index contributed by atoms with van der Waals surface area (Å²) in [4.78, 5) is 2.21. The highest BCUT2D eigenvalue weighted by Crippen LogP contribution is 2.55. The standard InChI is InChI=1S/C48H30BrFN2/c1-48(2)40-23-25-42(37-21-16-30-17-22-38-45(43(30)44(37)40)46(48)35-11-5-6-12-36(35)47(38)49)52(31-18-14-28(27-51)15-19-31)32-20-24-41(50)39(26-32)34-13-7-9-29-8-3-4-10-33(29)34/h3-26H,1-2H3. The van der Waals surface area contributed by atoms with E-state index < -0.39 is 0 Å². The quantitative estimate of drug-likeness (QED) is 0.133. The number of rotatable bonds is 4. The third-order valence-corrected chi connectivity index (χ3v) is 12.0. The van der Waals surface area contributed by atoms with E-state index in [0.717, 1.165) is 43.3 Å². The molecule has 0 bridgehead atoms. The van der Waals surface area contributed by atoms with Gasteiger partial charge < -0.3 is 4.90 Å². The molecule has 0 amide bonds. The molecule has 4 heteroatoms. The van der Waals surface area contributed by atoms with Crippen molar-refractivity contribution in [2.24, 2.45) is 0 Å². The van der Waals surface area contributed by atoms with E-state index >= 15 is 4.39 Å². The maximum Gasteiger partial charge on any atom is 0.131 e. The molecule has 10 rings (SSSR count). The molecule has 2 nitrogen and oxygen atoms in total. The van der Waals surface area contributed by atoms with Crippen molar-refractivity contribution in [3.05, 3.63) is 173 Å². The molecule has 0 radical (unpaired) electrons. The van der Waals surface area contributed by atoms with Gasteiger partial charge >= 0.3 is 0 Å². The molecule has 0 aliphatic heterocycles. The Kier molecular flexibility index (Phi) is 6.65. The molecule has 9 aromatic rings. The number of fused-ring (bicyclic) bond motifs is 3. The van der Waals surface area contributed by atoms with Gasteiger partial charge in [0, 0.05) is 32.2 Å². The molecule has 0 saturated carbocycles. The van der Waals surface area contributed by atoms with Crippen molar-refractivity contribution in [2.75, 3.05) is 4.90 Å². The molecule has 246 valence electrons. The largest absolute Gasteiger partial charge is 0.310 e. The molecule has 0 saturated heterocycles. The van der Waals surface area contributed by atoms with Crippen molar-refractivity contribution >= 4 is 86.9 Å². The lowest BCUT2D eigenvalue weighted by molar-refractivity contribution is 0.631. The van der Waals surface area contributed by atoms with E-state index in [0.29, 0.717) is 11.1 Å². The van der Waals surface area contributed by atoms with Gasteiger partial charge in [0.05, 0.1) is 17.3 Å². The molecule has 0 atom stereocenters. The fourth-order valence-corrected chi connectivity index (χ4v) is 9.47. The van der Waals surface area contributed by atoms with Crippen LogP contribution < -0.4 is 4.90 Å². The highest BCUT2D eigenvalue weighted by molar-refractivity contribution is 9.10. The Morgan fingerprint density at radius 2 is 1.27 bits per heavy atom. The number of hydrogen-bond donors (Lipinski definition) is 0. The van der Waals surface area contributed by atoms with Crippen LogP contribution in [0.15, 0.2) is 150 Å². The van der Waals surface area contributed by atoms with Crippen molar-refractivity contribution in [3.8, 4) is 17.2 Å². The maximum absolute atomic E-state index is 16.0. The third-order valence-electron chi connectivity index (χ3n) is 11.1. The number of benzene rings is 9. The average molecular weight is 734 g/mol. The Morgan fingerprint density at radius 1 is 0.577 bits per heavy atom. The Labute approximate surface area is 309 Å². The lowest BCUT2D eigenvalue weighted by atomic mass is 9.68. The van der Waals surface area contributed by atoms with Gasteiger partial charge in [-0.15, -0.1) is 0 Å². The molecule has 1 aliphatic carbocycles. The predicted molar refractivity (Wildman–Crippen MR) is 219 cm³/mol. The number of hydrogen-bond acceptors (Lipinski definition) is 2. The molecular weight excluding hydrogens is 703 g/mol. The average Bonchev–Trinajstić information content (AvgIpc) is 3.18. The number of nitrogens with zero attached hydrogens (tertiary/aromatic N) is 2. The van der Waals surface area contributed by atoms with Crippen LogP contribution in [0.25, 0.3) is 65.0 Å². The van der Waals surface area contributed by atoms with Gasteiger partial charge in [-0.3, -0.25) is 0 Å². The summed E-state index contributed by atoms with van der Waals surface area (Å²) in [5.74, 6) is -0.279. The summed E-state index contributed by atoms with van der Waals surface area (Å²) in [5.41, 5.74) is 6.98. The Bertz CT molecular complexity index is 3020. The summed E-state index contributed by atoms with van der Waals surface area (Å²) < 4.78 is 17.1. The summed E-state index contributed by atoms with van der Waals surface area (Å²) in [5, 5.41) is 21.5. The van der Waals surface area contributed by atoms with Gasteiger partial charge in [0.25, 0.3) is 0 Å². The van der Waals surface area contributed by atoms with Gasteiger partial charge in [-0.1, -0.05) is 111 Å². The molecule has 0 aromatic heterocycles. The van der Waals surface area contributed by atoms with E-state index in [-0.39, 0.29) is 11.2 Å². The normalized spacial score (nSPS) is 13.1. The van der Waals surface area contributed by atoms with Crippen LogP contribution in [0, 0.1) is 17.1 Å². The molecule has 0 spiro atoms. The van der Waals surface area contributed by atoms with Gasteiger partial charge in [0.2, 0.25) is 0 Å². The van der Waals surface area contributed by atoms with Crippen molar-refractivity contribution < 1.29 is 4.39 Å². The van der Waals surface area contributed by atoms with Gasteiger partial charge in [-0.05, 0) is 130 Å². The fourth-order valence-electron chi connectivity index (χ4n) is 8.79. The van der Waals surface area contributed by atoms with Crippen molar-refractivity contribution in [1.29, 1.82) is 5.26 Å². The predicted octanol–water partition coefficient (Wildman–Crippen LogP) is 14.0. The molecule has 0 unspecified atom stereocenters. The minimum absolute atomic E-state index is 0.279. The smallest absolute Gasteiger partial charge is 0.131 e. The first kappa shape index (κ1) is 30.8. The van der Waals surface area contributed by atoms with Crippen molar-refractivity contribution in [1.82, 2.24) is 0 Å². The summed E-state index contributed by atoms with van der Waals surface area (Å²) in [6, 6.07) is 51.6. The van der Waals surface area contributed by atoms with E-state index in [9.17, 15) is 5.26 Å². The summed E-state index contributed by atoms with van der Waals surface area (Å²) in [6.07, 6.45) is 0. The minimum atomic E-state index is -0.297. The van der Waals surface area contributed by atoms with E-state index in [1.165, 1.54) is 48.8 Å². The van der Waals surface area contributed by atoms with E-state index in [1.807, 2.05) is 66.7 Å². The first-order chi connectivity index (χ1) is 25.3. The van der Waals surface area contributed by atoms with Gasteiger partial charge in [-0.25, -0.2) is 4.39 Å². The lowest BCUT2D eigenvalue weighted by Gasteiger charge is -2.37. The van der Waals surface area contributed by atoms with E-state index in [2.05, 4.69) is 114 Å². The van der Waals surface area contributed by atoms with Crippen LogP contribution in [-0.4, -0.2) is 0 Å². The first-order valence-corrected chi connectivity index (χ1v) is 18.3. The molecule has 9 aromatic carbocycles. The zero-order valence-corrected chi connectivity index (χ0v) is 30.1. The topological polar surface area (TPSA) is 27.0 Å². The van der Waals surface area contributed by atoms with Crippen LogP contribution in [0.4, 0.5) is 21.5 Å². The second kappa shape index (κ2) is 11.2. The Balaban J connectivity index is 1.30. The van der Waals surface area contributed by atoms with Crippen LogP contribution >= 0.6 is 15.9 Å². The molecule has 1 aliphatic rings. The summed E-state index contributed by atoms with van der Waals surface area (Å²) >= 11 is 4.02. The molecule has 0 heterocycles. The first-order valence-electron chi connectivity index (χ1n) is 17.5. The van der Waals surface area contributed by atoms with E-state index in [4.69, 9.17) is 0 Å². The highest BCUT2D eigenvalue weighted by atomic mass is 79.9. The molecular formula is C48H30BrFN2. The number of nitriles is 1. The second-order valence-corrected chi connectivity index (χ2v) is 15.0. The zero-order chi connectivity index (χ0) is 35.3. The molecule has 52 heavy (non-hydrogen) atoms. The Hall–Kier alpha value is -6.02.